The fraction of sp³-hybridized carbons (Fsp3) is 0.857. The van der Waals surface area contributed by atoms with Gasteiger partial charge in [0.25, 0.3) is 0 Å². The van der Waals surface area contributed by atoms with Gasteiger partial charge in [-0.15, -0.1) is 0 Å². The van der Waals surface area contributed by atoms with Crippen LogP contribution in [0.25, 0.3) is 0 Å². The quantitative estimate of drug-likeness (QED) is 0.544. The Balaban J connectivity index is 2.43. The molecule has 5 nitrogen and oxygen atoms in total. The van der Waals surface area contributed by atoms with Gasteiger partial charge in [-0.2, -0.15) is 0 Å². The van der Waals surface area contributed by atoms with Crippen LogP contribution >= 0.6 is 0 Å². The van der Waals surface area contributed by atoms with Gasteiger partial charge in [0.2, 0.25) is 0 Å². The van der Waals surface area contributed by atoms with Gasteiger partial charge in [-0.3, -0.25) is 4.90 Å². The summed E-state index contributed by atoms with van der Waals surface area (Å²) in [6.07, 6.45) is 5.17. The van der Waals surface area contributed by atoms with Crippen LogP contribution in [0.5, 0.6) is 0 Å². The van der Waals surface area contributed by atoms with Gasteiger partial charge in [0, 0.05) is 6.04 Å². The molecule has 0 aromatic rings. The summed E-state index contributed by atoms with van der Waals surface area (Å²) in [5.74, 6) is -0.423. The minimum atomic E-state index is -1.03. The van der Waals surface area contributed by atoms with Crippen molar-refractivity contribution >= 4 is 12.1 Å². The van der Waals surface area contributed by atoms with Crippen LogP contribution in [0.15, 0.2) is 0 Å². The van der Waals surface area contributed by atoms with E-state index in [1.165, 1.54) is 24.2 Å². The third-order valence-electron chi connectivity index (χ3n) is 3.71. The Morgan fingerprint density at radius 1 is 1.37 bits per heavy atom. The average molecular weight is 271 g/mol. The third-order valence-corrected chi connectivity index (χ3v) is 3.71. The number of carboxylic acid groups (broad SMARTS) is 1. The van der Waals surface area contributed by atoms with Crippen molar-refractivity contribution in [3.05, 3.63) is 0 Å². The van der Waals surface area contributed by atoms with Crippen LogP contribution in [-0.4, -0.2) is 40.3 Å². The maximum atomic E-state index is 11.4. The number of unbranched alkanes of at least 4 members (excludes halogenated alkanes) is 4. The monoisotopic (exact) mass is 271 g/mol. The van der Waals surface area contributed by atoms with Crippen molar-refractivity contribution < 1.29 is 19.4 Å². The highest BCUT2D eigenvalue weighted by Crippen LogP contribution is 2.24. The molecule has 0 aromatic carbocycles. The summed E-state index contributed by atoms with van der Waals surface area (Å²) in [4.78, 5) is 24.0. The number of carbonyl (C=O) groups excluding carboxylic acids is 1. The topological polar surface area (TPSA) is 66.8 Å². The maximum Gasteiger partial charge on any atom is 0.408 e. The standard InChI is InChI=1S/C14H25NO4/c1-4-5-6-7-8-9-10(2)15(14(17)18)12-11(3)19-13(12)16/h10-12H,4-9H2,1-3H3,(H,17,18)/t10-,11-,12+/m0/s1. The van der Waals surface area contributed by atoms with E-state index in [0.717, 1.165) is 19.3 Å². The summed E-state index contributed by atoms with van der Waals surface area (Å²) in [5.41, 5.74) is 0. The first-order chi connectivity index (χ1) is 8.99. The summed E-state index contributed by atoms with van der Waals surface area (Å²) < 4.78 is 4.85. The zero-order chi connectivity index (χ0) is 14.4. The first-order valence-corrected chi connectivity index (χ1v) is 7.20. The molecule has 5 heteroatoms. The van der Waals surface area contributed by atoms with Crippen molar-refractivity contribution in [3.63, 3.8) is 0 Å². The van der Waals surface area contributed by atoms with Crippen molar-refractivity contribution in [2.45, 2.75) is 77.5 Å². The lowest BCUT2D eigenvalue weighted by Crippen LogP contribution is -2.62. The summed E-state index contributed by atoms with van der Waals surface area (Å²) in [7, 11) is 0. The van der Waals surface area contributed by atoms with Crippen molar-refractivity contribution in [2.24, 2.45) is 0 Å². The predicted molar refractivity (Wildman–Crippen MR) is 72.0 cm³/mol. The Bertz CT molecular complexity index is 319. The van der Waals surface area contributed by atoms with Gasteiger partial charge in [-0.1, -0.05) is 39.0 Å². The van der Waals surface area contributed by atoms with Gasteiger partial charge in [-0.05, 0) is 20.3 Å². The molecule has 1 aliphatic heterocycles. The summed E-state index contributed by atoms with van der Waals surface area (Å²) in [6.45, 7) is 5.76. The van der Waals surface area contributed by atoms with E-state index < -0.39 is 18.1 Å². The van der Waals surface area contributed by atoms with Crippen molar-refractivity contribution in [1.29, 1.82) is 0 Å². The molecule has 1 saturated heterocycles. The highest BCUT2D eigenvalue weighted by Gasteiger charge is 2.47. The normalized spacial score (nSPS) is 23.4. The molecular formula is C14H25NO4. The predicted octanol–water partition coefficient (Wildman–Crippen LogP) is 3.03. The smallest absolute Gasteiger partial charge is 0.408 e. The van der Waals surface area contributed by atoms with Gasteiger partial charge in [0.05, 0.1) is 0 Å². The molecule has 1 fully saturated rings. The summed E-state index contributed by atoms with van der Waals surface area (Å²) >= 11 is 0. The molecular weight excluding hydrogens is 246 g/mol. The number of nitrogens with zero attached hydrogens (tertiary/aromatic N) is 1. The van der Waals surface area contributed by atoms with Gasteiger partial charge in [-0.25, -0.2) is 9.59 Å². The van der Waals surface area contributed by atoms with Gasteiger partial charge in [0.15, 0.2) is 6.04 Å². The van der Waals surface area contributed by atoms with Crippen LogP contribution in [0.2, 0.25) is 0 Å². The Morgan fingerprint density at radius 2 is 2.00 bits per heavy atom. The molecule has 0 aliphatic carbocycles. The second-order valence-corrected chi connectivity index (χ2v) is 5.33. The minimum absolute atomic E-state index is 0.139. The number of rotatable bonds is 8. The molecule has 19 heavy (non-hydrogen) atoms. The van der Waals surface area contributed by atoms with Crippen molar-refractivity contribution in [2.75, 3.05) is 0 Å². The molecule has 1 aliphatic rings. The SMILES string of the molecule is CCCCCCC[C@H](C)N(C(=O)O)[C@H]1C(=O)O[C@H]1C. The van der Waals surface area contributed by atoms with Crippen LogP contribution in [0.4, 0.5) is 4.79 Å². The molecule has 1 amide bonds. The van der Waals surface area contributed by atoms with E-state index in [9.17, 15) is 14.7 Å². The number of esters is 1. The lowest BCUT2D eigenvalue weighted by atomic mass is 10.0. The van der Waals surface area contributed by atoms with Gasteiger partial charge >= 0.3 is 12.1 Å². The minimum Gasteiger partial charge on any atom is -0.465 e. The molecule has 0 bridgehead atoms. The molecule has 0 unspecified atom stereocenters. The molecule has 1 rings (SSSR count). The van der Waals surface area contributed by atoms with E-state index >= 15 is 0 Å². The number of amides is 1. The van der Waals surface area contributed by atoms with E-state index in [1.54, 1.807) is 6.92 Å². The van der Waals surface area contributed by atoms with E-state index in [-0.39, 0.29) is 12.1 Å². The van der Waals surface area contributed by atoms with E-state index in [2.05, 4.69) is 6.92 Å². The first kappa shape index (κ1) is 15.8. The zero-order valence-corrected chi connectivity index (χ0v) is 12.1. The molecule has 0 aromatic heterocycles. The Labute approximate surface area is 114 Å². The second-order valence-electron chi connectivity index (χ2n) is 5.33. The molecule has 0 spiro atoms. The van der Waals surface area contributed by atoms with Crippen LogP contribution in [0.3, 0.4) is 0 Å². The highest BCUT2D eigenvalue weighted by molar-refractivity contribution is 5.86. The number of hydrogen-bond acceptors (Lipinski definition) is 3. The third kappa shape index (κ3) is 4.11. The lowest BCUT2D eigenvalue weighted by Gasteiger charge is -2.41. The molecule has 0 saturated carbocycles. The maximum absolute atomic E-state index is 11.4. The van der Waals surface area contributed by atoms with Crippen LogP contribution < -0.4 is 0 Å². The first-order valence-electron chi connectivity index (χ1n) is 7.20. The molecule has 110 valence electrons. The Kier molecular flexibility index (Phi) is 6.12. The van der Waals surface area contributed by atoms with Crippen molar-refractivity contribution in [3.8, 4) is 0 Å². The number of carbonyl (C=O) groups is 2. The van der Waals surface area contributed by atoms with Crippen LogP contribution in [0, 0.1) is 0 Å². The van der Waals surface area contributed by atoms with Gasteiger partial charge < -0.3 is 9.84 Å². The van der Waals surface area contributed by atoms with E-state index in [4.69, 9.17) is 4.74 Å². The van der Waals surface area contributed by atoms with Crippen LogP contribution in [0.1, 0.15) is 59.3 Å². The van der Waals surface area contributed by atoms with E-state index in [0.29, 0.717) is 0 Å². The molecule has 0 radical (unpaired) electrons. The average Bonchev–Trinajstić information content (AvgIpc) is 2.35. The van der Waals surface area contributed by atoms with Crippen molar-refractivity contribution in [1.82, 2.24) is 4.90 Å². The molecule has 1 N–H and O–H groups in total. The van der Waals surface area contributed by atoms with Gasteiger partial charge in [0.1, 0.15) is 6.10 Å². The number of ether oxygens (including phenoxy) is 1. The Morgan fingerprint density at radius 3 is 2.47 bits per heavy atom. The second kappa shape index (κ2) is 7.36. The highest BCUT2D eigenvalue weighted by atomic mass is 16.6. The summed E-state index contributed by atoms with van der Waals surface area (Å²) in [6, 6.07) is -0.762. The molecule has 1 heterocycles. The fourth-order valence-corrected chi connectivity index (χ4v) is 2.54. The van der Waals surface area contributed by atoms with Crippen LogP contribution in [-0.2, 0) is 9.53 Å². The largest absolute Gasteiger partial charge is 0.465 e. The number of cyclic esters (lactones) is 1. The lowest BCUT2D eigenvalue weighted by molar-refractivity contribution is -0.185. The zero-order valence-electron chi connectivity index (χ0n) is 12.1. The Hall–Kier alpha value is -1.26. The number of hydrogen-bond donors (Lipinski definition) is 1. The summed E-state index contributed by atoms with van der Waals surface area (Å²) in [5, 5.41) is 9.27. The molecule has 3 atom stereocenters. The fourth-order valence-electron chi connectivity index (χ4n) is 2.54. The van der Waals surface area contributed by atoms with E-state index in [1.807, 2.05) is 6.92 Å².